The van der Waals surface area contributed by atoms with Crippen LogP contribution in [0.15, 0.2) is 72.8 Å². The number of aryl methyl sites for hydroxylation is 1. The first-order chi connectivity index (χ1) is 15.5. The van der Waals surface area contributed by atoms with Gasteiger partial charge in [0.1, 0.15) is 11.6 Å². The number of amides is 1. The molecule has 0 atom stereocenters. The van der Waals surface area contributed by atoms with E-state index in [9.17, 15) is 9.18 Å². The second kappa shape index (κ2) is 9.96. The van der Waals surface area contributed by atoms with Gasteiger partial charge in [0.25, 0.3) is 5.91 Å². The first-order valence-corrected chi connectivity index (χ1v) is 11.0. The maximum atomic E-state index is 13.5. The third-order valence-electron chi connectivity index (χ3n) is 6.09. The fourth-order valence-electron chi connectivity index (χ4n) is 4.27. The van der Waals surface area contributed by atoms with E-state index in [2.05, 4.69) is 36.1 Å². The van der Waals surface area contributed by atoms with Crippen LogP contribution in [0.1, 0.15) is 34.3 Å². The van der Waals surface area contributed by atoms with Crippen LogP contribution in [0.4, 0.5) is 10.1 Å². The molecule has 4 nitrogen and oxygen atoms in total. The molecule has 32 heavy (non-hydrogen) atoms. The quantitative estimate of drug-likeness (QED) is 0.519. The van der Waals surface area contributed by atoms with Crippen molar-refractivity contribution in [2.75, 3.05) is 25.1 Å². The molecule has 3 aromatic carbocycles. The van der Waals surface area contributed by atoms with E-state index in [1.54, 1.807) is 19.2 Å². The molecule has 5 heteroatoms. The molecule has 1 aliphatic rings. The molecule has 0 aliphatic carbocycles. The lowest BCUT2D eigenvalue weighted by atomic mass is 10.00. The Hall–Kier alpha value is -3.18. The molecule has 0 bridgehead atoms. The minimum atomic E-state index is -0.348. The molecule has 1 aliphatic heterocycles. The number of halogens is 1. The van der Waals surface area contributed by atoms with Crippen molar-refractivity contribution in [3.05, 3.63) is 95.3 Å². The van der Waals surface area contributed by atoms with Crippen LogP contribution in [0, 0.1) is 12.7 Å². The Morgan fingerprint density at radius 2 is 1.72 bits per heavy atom. The fourth-order valence-corrected chi connectivity index (χ4v) is 4.27. The van der Waals surface area contributed by atoms with Gasteiger partial charge in [-0.3, -0.25) is 9.69 Å². The van der Waals surface area contributed by atoms with Crippen molar-refractivity contribution < 1.29 is 13.9 Å². The van der Waals surface area contributed by atoms with Gasteiger partial charge in [0.15, 0.2) is 0 Å². The molecule has 0 N–H and O–H groups in total. The molecule has 1 heterocycles. The van der Waals surface area contributed by atoms with Gasteiger partial charge in [0.05, 0.1) is 7.11 Å². The van der Waals surface area contributed by atoms with E-state index in [1.807, 2.05) is 29.2 Å². The average Bonchev–Trinajstić information content (AvgIpc) is 2.82. The van der Waals surface area contributed by atoms with E-state index >= 15 is 0 Å². The predicted molar refractivity (Wildman–Crippen MR) is 126 cm³/mol. The minimum Gasteiger partial charge on any atom is -0.497 e. The average molecular weight is 433 g/mol. The van der Waals surface area contributed by atoms with Crippen molar-refractivity contribution in [3.8, 4) is 5.75 Å². The molecule has 0 saturated carbocycles. The highest BCUT2D eigenvalue weighted by Gasteiger charge is 2.30. The van der Waals surface area contributed by atoms with E-state index in [4.69, 9.17) is 4.74 Å². The van der Waals surface area contributed by atoms with Crippen LogP contribution in [0.25, 0.3) is 0 Å². The summed E-state index contributed by atoms with van der Waals surface area (Å²) in [6.07, 6.45) is 1.74. The number of ether oxygens (including phenoxy) is 1. The van der Waals surface area contributed by atoms with Crippen molar-refractivity contribution in [1.82, 2.24) is 4.90 Å². The van der Waals surface area contributed by atoms with Crippen LogP contribution in [-0.4, -0.2) is 37.0 Å². The van der Waals surface area contributed by atoms with Crippen molar-refractivity contribution in [2.45, 2.75) is 32.4 Å². The zero-order valence-corrected chi connectivity index (χ0v) is 18.6. The molecule has 4 rings (SSSR count). The van der Waals surface area contributed by atoms with Crippen LogP contribution >= 0.6 is 0 Å². The van der Waals surface area contributed by atoms with E-state index < -0.39 is 0 Å². The molecule has 166 valence electrons. The summed E-state index contributed by atoms with van der Waals surface area (Å²) in [5.74, 6) is 0.241. The molecule has 0 aromatic heterocycles. The van der Waals surface area contributed by atoms with Gasteiger partial charge < -0.3 is 9.64 Å². The molecular weight excluding hydrogens is 403 g/mol. The Bertz CT molecular complexity index is 1040. The number of hydrogen-bond donors (Lipinski definition) is 0. The summed E-state index contributed by atoms with van der Waals surface area (Å²) in [7, 11) is 1.62. The summed E-state index contributed by atoms with van der Waals surface area (Å²) in [4.78, 5) is 17.8. The third-order valence-corrected chi connectivity index (χ3v) is 6.09. The zero-order chi connectivity index (χ0) is 22.5. The molecule has 0 unspecified atom stereocenters. The first kappa shape index (κ1) is 22.0. The lowest BCUT2D eigenvalue weighted by molar-refractivity contribution is 0.0958. The number of hydrogen-bond acceptors (Lipinski definition) is 3. The molecule has 1 saturated heterocycles. The Balaban J connectivity index is 1.53. The van der Waals surface area contributed by atoms with E-state index in [1.165, 1.54) is 23.3 Å². The van der Waals surface area contributed by atoms with E-state index in [-0.39, 0.29) is 17.8 Å². The number of benzene rings is 3. The van der Waals surface area contributed by atoms with Gasteiger partial charge in [0.2, 0.25) is 0 Å². The number of methoxy groups -OCH3 is 1. The normalized spacial score (nSPS) is 14.8. The van der Waals surface area contributed by atoms with Crippen molar-refractivity contribution in [1.29, 1.82) is 0 Å². The number of rotatable bonds is 6. The van der Waals surface area contributed by atoms with E-state index in [0.717, 1.165) is 38.2 Å². The minimum absolute atomic E-state index is 0.0638. The number of anilines is 1. The first-order valence-electron chi connectivity index (χ1n) is 11.0. The van der Waals surface area contributed by atoms with E-state index in [0.29, 0.717) is 11.3 Å². The summed E-state index contributed by atoms with van der Waals surface area (Å²) in [6, 6.07) is 22.1. The SMILES string of the molecule is COc1cccc(N(C(=O)c2ccc(F)cc2)C2CCN(Cc3ccc(C)cc3)CC2)c1. The topological polar surface area (TPSA) is 32.8 Å². The van der Waals surface area contributed by atoms with Gasteiger partial charge in [-0.05, 0) is 61.7 Å². The van der Waals surface area contributed by atoms with Gasteiger partial charge in [-0.1, -0.05) is 35.9 Å². The Kier molecular flexibility index (Phi) is 6.86. The molecule has 3 aromatic rings. The second-order valence-electron chi connectivity index (χ2n) is 8.38. The largest absolute Gasteiger partial charge is 0.497 e. The lowest BCUT2D eigenvalue weighted by Gasteiger charge is -2.38. The van der Waals surface area contributed by atoms with Crippen molar-refractivity contribution in [2.24, 2.45) is 0 Å². The van der Waals surface area contributed by atoms with Gasteiger partial charge in [0, 0.05) is 43.0 Å². The molecule has 0 radical (unpaired) electrons. The maximum Gasteiger partial charge on any atom is 0.258 e. The van der Waals surface area contributed by atoms with Crippen molar-refractivity contribution in [3.63, 3.8) is 0 Å². The molecule has 0 spiro atoms. The van der Waals surface area contributed by atoms with Gasteiger partial charge in [-0.15, -0.1) is 0 Å². The summed E-state index contributed by atoms with van der Waals surface area (Å²) in [5.41, 5.74) is 3.86. The Morgan fingerprint density at radius 1 is 1.03 bits per heavy atom. The Morgan fingerprint density at radius 3 is 2.38 bits per heavy atom. The highest BCUT2D eigenvalue weighted by atomic mass is 19.1. The highest BCUT2D eigenvalue weighted by Crippen LogP contribution is 2.29. The van der Waals surface area contributed by atoms with Gasteiger partial charge in [-0.25, -0.2) is 4.39 Å². The number of nitrogens with zero attached hydrogens (tertiary/aromatic N) is 2. The predicted octanol–water partition coefficient (Wildman–Crippen LogP) is 5.45. The van der Waals surface area contributed by atoms with Crippen LogP contribution < -0.4 is 9.64 Å². The lowest BCUT2D eigenvalue weighted by Crippen LogP contribution is -2.47. The maximum absolute atomic E-state index is 13.5. The highest BCUT2D eigenvalue weighted by molar-refractivity contribution is 6.06. The van der Waals surface area contributed by atoms with Crippen LogP contribution in [-0.2, 0) is 6.54 Å². The summed E-state index contributed by atoms with van der Waals surface area (Å²) in [5, 5.41) is 0. The number of carbonyl (C=O) groups excluding carboxylic acids is 1. The van der Waals surface area contributed by atoms with Gasteiger partial charge >= 0.3 is 0 Å². The smallest absolute Gasteiger partial charge is 0.258 e. The zero-order valence-electron chi connectivity index (χ0n) is 18.6. The second-order valence-corrected chi connectivity index (χ2v) is 8.38. The van der Waals surface area contributed by atoms with Crippen LogP contribution in [0.2, 0.25) is 0 Å². The number of likely N-dealkylation sites (tertiary alicyclic amines) is 1. The molecule has 1 amide bonds. The summed E-state index contributed by atoms with van der Waals surface area (Å²) < 4.78 is 18.8. The monoisotopic (exact) mass is 432 g/mol. The Labute approximate surface area is 189 Å². The number of carbonyl (C=O) groups is 1. The summed E-state index contributed by atoms with van der Waals surface area (Å²) >= 11 is 0. The number of piperidine rings is 1. The standard InChI is InChI=1S/C27H29FN2O2/c1-20-6-8-21(9-7-20)19-29-16-14-24(15-17-29)30(25-4-3-5-26(18-25)32-2)27(31)22-10-12-23(28)13-11-22/h3-13,18,24H,14-17,19H2,1-2H3. The third kappa shape index (κ3) is 5.17. The fraction of sp³-hybridized carbons (Fsp3) is 0.296. The van der Waals surface area contributed by atoms with Crippen molar-refractivity contribution >= 4 is 11.6 Å². The van der Waals surface area contributed by atoms with Crippen LogP contribution in [0.3, 0.4) is 0 Å². The van der Waals surface area contributed by atoms with Crippen LogP contribution in [0.5, 0.6) is 5.75 Å². The molecule has 1 fully saturated rings. The summed E-state index contributed by atoms with van der Waals surface area (Å²) in [6.45, 7) is 4.84. The molecular formula is C27H29FN2O2. The van der Waals surface area contributed by atoms with Gasteiger partial charge in [-0.2, -0.15) is 0 Å².